The van der Waals surface area contributed by atoms with Gasteiger partial charge >= 0.3 is 0 Å². The van der Waals surface area contributed by atoms with Gasteiger partial charge < -0.3 is 20.5 Å². The fourth-order valence-corrected chi connectivity index (χ4v) is 3.79. The summed E-state index contributed by atoms with van der Waals surface area (Å²) in [5.41, 5.74) is 6.61. The van der Waals surface area contributed by atoms with Gasteiger partial charge in [-0.1, -0.05) is 22.0 Å². The van der Waals surface area contributed by atoms with Crippen LogP contribution in [0.25, 0.3) is 10.1 Å². The summed E-state index contributed by atoms with van der Waals surface area (Å²) in [6.45, 7) is 2.12. The smallest absolute Gasteiger partial charge is 0.263 e. The molecule has 3 N–H and O–H groups in total. The lowest BCUT2D eigenvalue weighted by Crippen LogP contribution is -2.39. The van der Waals surface area contributed by atoms with Crippen LogP contribution in [0, 0.1) is 0 Å². The lowest BCUT2D eigenvalue weighted by molar-refractivity contribution is -0.0855. The Morgan fingerprint density at radius 1 is 1.48 bits per heavy atom. The maximum absolute atomic E-state index is 12.3. The predicted octanol–water partition coefficient (Wildman–Crippen LogP) is 2.39. The van der Waals surface area contributed by atoms with Gasteiger partial charge in [-0.2, -0.15) is 0 Å². The third-order valence-electron chi connectivity index (χ3n) is 3.27. The molecule has 1 atom stereocenters. The molecule has 1 aromatic heterocycles. The molecule has 2 heterocycles. The van der Waals surface area contributed by atoms with Gasteiger partial charge in [-0.15, -0.1) is 11.3 Å². The van der Waals surface area contributed by atoms with Crippen LogP contribution >= 0.6 is 27.3 Å². The minimum Gasteiger partial charge on any atom is -0.397 e. The van der Waals surface area contributed by atoms with Crippen molar-refractivity contribution in [2.75, 3.05) is 32.1 Å². The van der Waals surface area contributed by atoms with E-state index >= 15 is 0 Å². The Morgan fingerprint density at radius 3 is 3.10 bits per heavy atom. The van der Waals surface area contributed by atoms with E-state index in [4.69, 9.17) is 15.2 Å². The number of hydrogen-bond acceptors (Lipinski definition) is 5. The van der Waals surface area contributed by atoms with Crippen LogP contribution in [0.1, 0.15) is 9.67 Å². The number of carbonyl (C=O) groups excluding carboxylic acids is 1. The fraction of sp³-hybridized carbons (Fsp3) is 0.357. The molecular weight excluding hydrogens is 356 g/mol. The lowest BCUT2D eigenvalue weighted by Gasteiger charge is -2.22. The minimum atomic E-state index is -0.168. The first-order valence-electron chi connectivity index (χ1n) is 6.60. The summed E-state index contributed by atoms with van der Waals surface area (Å²) in [7, 11) is 0. The fourth-order valence-electron chi connectivity index (χ4n) is 2.20. The van der Waals surface area contributed by atoms with Crippen LogP contribution in [0.2, 0.25) is 0 Å². The molecule has 7 heteroatoms. The van der Waals surface area contributed by atoms with E-state index in [0.29, 0.717) is 36.9 Å². The number of benzene rings is 1. The van der Waals surface area contributed by atoms with Gasteiger partial charge in [0.2, 0.25) is 0 Å². The van der Waals surface area contributed by atoms with E-state index in [2.05, 4.69) is 21.2 Å². The van der Waals surface area contributed by atoms with Gasteiger partial charge in [-0.05, 0) is 12.1 Å². The number of carbonyl (C=O) groups is 1. The zero-order chi connectivity index (χ0) is 14.8. The van der Waals surface area contributed by atoms with Crippen molar-refractivity contribution in [3.05, 3.63) is 27.5 Å². The molecule has 1 aromatic carbocycles. The molecular formula is C14H15BrN2O3S. The van der Waals surface area contributed by atoms with Crippen molar-refractivity contribution in [3.8, 4) is 0 Å². The Labute approximate surface area is 134 Å². The normalized spacial score (nSPS) is 18.8. The SMILES string of the molecule is Nc1c(C(=O)NCC2COCCO2)sc2cc(Br)ccc12. The van der Waals surface area contributed by atoms with E-state index in [0.717, 1.165) is 14.6 Å². The largest absolute Gasteiger partial charge is 0.397 e. The number of hydrogen-bond donors (Lipinski definition) is 2. The molecule has 0 spiro atoms. The maximum Gasteiger partial charge on any atom is 0.263 e. The average molecular weight is 371 g/mol. The number of fused-ring (bicyclic) bond motifs is 1. The molecule has 0 saturated carbocycles. The molecule has 0 aliphatic carbocycles. The van der Waals surface area contributed by atoms with Crippen LogP contribution in [-0.4, -0.2) is 38.4 Å². The molecule has 1 saturated heterocycles. The van der Waals surface area contributed by atoms with E-state index in [1.54, 1.807) is 0 Å². The van der Waals surface area contributed by atoms with Crippen LogP contribution in [-0.2, 0) is 9.47 Å². The molecule has 1 aliphatic rings. The van der Waals surface area contributed by atoms with E-state index in [9.17, 15) is 4.79 Å². The molecule has 21 heavy (non-hydrogen) atoms. The predicted molar refractivity (Wildman–Crippen MR) is 86.8 cm³/mol. The second-order valence-corrected chi connectivity index (χ2v) is 6.73. The molecule has 0 radical (unpaired) electrons. The second kappa shape index (κ2) is 6.31. The van der Waals surface area contributed by atoms with Crippen molar-refractivity contribution < 1.29 is 14.3 Å². The van der Waals surface area contributed by atoms with Crippen LogP contribution in [0.4, 0.5) is 5.69 Å². The van der Waals surface area contributed by atoms with Crippen molar-refractivity contribution in [3.63, 3.8) is 0 Å². The van der Waals surface area contributed by atoms with Crippen LogP contribution in [0.3, 0.4) is 0 Å². The van der Waals surface area contributed by atoms with Crippen molar-refractivity contribution >= 4 is 48.9 Å². The first-order valence-corrected chi connectivity index (χ1v) is 8.21. The zero-order valence-corrected chi connectivity index (χ0v) is 13.6. The molecule has 3 rings (SSSR count). The van der Waals surface area contributed by atoms with Gasteiger partial charge in [0, 0.05) is 21.1 Å². The van der Waals surface area contributed by atoms with Crippen LogP contribution < -0.4 is 11.1 Å². The number of nitrogen functional groups attached to an aromatic ring is 1. The van der Waals surface area contributed by atoms with Crippen molar-refractivity contribution in [2.24, 2.45) is 0 Å². The summed E-state index contributed by atoms with van der Waals surface area (Å²) < 4.78 is 12.8. The maximum atomic E-state index is 12.3. The topological polar surface area (TPSA) is 73.6 Å². The number of ether oxygens (including phenoxy) is 2. The van der Waals surface area contributed by atoms with Crippen LogP contribution in [0.5, 0.6) is 0 Å². The van der Waals surface area contributed by atoms with Gasteiger partial charge in [-0.3, -0.25) is 4.79 Å². The summed E-state index contributed by atoms with van der Waals surface area (Å²) >= 11 is 4.81. The van der Waals surface area contributed by atoms with E-state index in [-0.39, 0.29) is 12.0 Å². The standard InChI is InChI=1S/C14H15BrN2O3S/c15-8-1-2-10-11(5-8)21-13(12(10)16)14(18)17-6-9-7-19-3-4-20-9/h1-2,5,9H,3-4,6-7,16H2,(H,17,18). The highest BCUT2D eigenvalue weighted by Crippen LogP contribution is 2.35. The molecule has 1 unspecified atom stereocenters. The summed E-state index contributed by atoms with van der Waals surface area (Å²) in [6, 6.07) is 5.80. The van der Waals surface area contributed by atoms with Gasteiger partial charge in [0.25, 0.3) is 5.91 Å². The number of anilines is 1. The first-order chi connectivity index (χ1) is 10.1. The number of amides is 1. The second-order valence-electron chi connectivity index (χ2n) is 4.76. The number of nitrogens with two attached hydrogens (primary N) is 1. The number of rotatable bonds is 3. The minimum absolute atomic E-state index is 0.0903. The van der Waals surface area contributed by atoms with Gasteiger partial charge in [-0.25, -0.2) is 0 Å². The molecule has 5 nitrogen and oxygen atoms in total. The molecule has 1 aliphatic heterocycles. The zero-order valence-electron chi connectivity index (χ0n) is 11.2. The number of nitrogens with one attached hydrogen (secondary N) is 1. The summed E-state index contributed by atoms with van der Waals surface area (Å²) in [5, 5.41) is 3.77. The van der Waals surface area contributed by atoms with Crippen molar-refractivity contribution in [2.45, 2.75) is 6.10 Å². The van der Waals surface area contributed by atoms with Crippen LogP contribution in [0.15, 0.2) is 22.7 Å². The third kappa shape index (κ3) is 3.21. The highest BCUT2D eigenvalue weighted by Gasteiger charge is 2.19. The van der Waals surface area contributed by atoms with Crippen molar-refractivity contribution in [1.82, 2.24) is 5.32 Å². The van der Waals surface area contributed by atoms with E-state index in [1.807, 2.05) is 18.2 Å². The molecule has 0 bridgehead atoms. The Kier molecular flexibility index (Phi) is 4.44. The Bertz CT molecular complexity index is 668. The van der Waals surface area contributed by atoms with E-state index in [1.165, 1.54) is 11.3 Å². The molecule has 112 valence electrons. The Hall–Kier alpha value is -1.15. The highest BCUT2D eigenvalue weighted by atomic mass is 79.9. The number of halogens is 1. The van der Waals surface area contributed by atoms with Gasteiger partial charge in [0.1, 0.15) is 4.88 Å². The summed E-state index contributed by atoms with van der Waals surface area (Å²) in [5.74, 6) is -0.168. The molecule has 2 aromatic rings. The third-order valence-corrected chi connectivity index (χ3v) is 4.93. The van der Waals surface area contributed by atoms with Gasteiger partial charge in [0.05, 0.1) is 31.6 Å². The summed E-state index contributed by atoms with van der Waals surface area (Å²) in [4.78, 5) is 12.8. The van der Waals surface area contributed by atoms with Gasteiger partial charge in [0.15, 0.2) is 0 Å². The molecule has 1 amide bonds. The lowest BCUT2D eigenvalue weighted by atomic mass is 10.2. The Morgan fingerprint density at radius 2 is 2.33 bits per heavy atom. The molecule has 1 fully saturated rings. The monoisotopic (exact) mass is 370 g/mol. The van der Waals surface area contributed by atoms with Crippen molar-refractivity contribution in [1.29, 1.82) is 0 Å². The van der Waals surface area contributed by atoms with E-state index < -0.39 is 0 Å². The highest BCUT2D eigenvalue weighted by molar-refractivity contribution is 9.10. The number of thiophene rings is 1. The first kappa shape index (κ1) is 14.8. The quantitative estimate of drug-likeness (QED) is 0.869. The Balaban J connectivity index is 1.73. The summed E-state index contributed by atoms with van der Waals surface area (Å²) in [6.07, 6.45) is -0.0903. The average Bonchev–Trinajstić information content (AvgIpc) is 2.82.